The molecule has 0 N–H and O–H groups in total. The number of benzene rings is 2. The van der Waals surface area contributed by atoms with Crippen LogP contribution in [-0.4, -0.2) is 0 Å². The number of hydrogen-bond acceptors (Lipinski definition) is 0. The molecule has 0 aliphatic heterocycles. The van der Waals surface area contributed by atoms with Crippen molar-refractivity contribution in [3.05, 3.63) is 45.5 Å². The summed E-state index contributed by atoms with van der Waals surface area (Å²) in [6.45, 7) is 0. The maximum atomic E-state index is 12.7. The summed E-state index contributed by atoms with van der Waals surface area (Å²) >= 11 is 2.05. The van der Waals surface area contributed by atoms with Crippen LogP contribution in [-0.2, 0) is 0 Å². The van der Waals surface area contributed by atoms with Crippen LogP contribution in [0.3, 0.4) is 0 Å². The van der Waals surface area contributed by atoms with Gasteiger partial charge in [0.05, 0.1) is 0 Å². The van der Waals surface area contributed by atoms with Gasteiger partial charge in [0.25, 0.3) is 6.43 Å². The lowest BCUT2D eigenvalue weighted by Gasteiger charge is -2.06. The molecule has 2 aromatic rings. The van der Waals surface area contributed by atoms with Crippen molar-refractivity contribution in [3.63, 3.8) is 0 Å². The van der Waals surface area contributed by atoms with Crippen molar-refractivity contribution in [2.45, 2.75) is 6.43 Å². The predicted molar refractivity (Wildman–Crippen MR) is 61.6 cm³/mol. The van der Waals surface area contributed by atoms with Crippen LogP contribution >= 0.6 is 22.6 Å². The summed E-state index contributed by atoms with van der Waals surface area (Å²) in [5.74, 6) is 0. The highest BCUT2D eigenvalue weighted by atomic mass is 127. The summed E-state index contributed by atoms with van der Waals surface area (Å²) in [6, 6.07) is 10.7. The Morgan fingerprint density at radius 2 is 1.79 bits per heavy atom. The molecule has 0 spiro atoms. The second-order valence-electron chi connectivity index (χ2n) is 3.02. The molecule has 0 nitrogen and oxygen atoms in total. The Morgan fingerprint density at radius 3 is 2.50 bits per heavy atom. The molecule has 72 valence electrons. The summed E-state index contributed by atoms with van der Waals surface area (Å²) in [4.78, 5) is 0. The van der Waals surface area contributed by atoms with Crippen molar-refractivity contribution in [1.82, 2.24) is 0 Å². The summed E-state index contributed by atoms with van der Waals surface area (Å²) < 4.78 is 26.2. The molecule has 0 heterocycles. The van der Waals surface area contributed by atoms with Crippen molar-refractivity contribution < 1.29 is 8.78 Å². The molecular weight excluding hydrogens is 297 g/mol. The standard InChI is InChI=1S/C11H7F2I/c12-11(13)10-6-8(14)5-7-3-1-2-4-9(7)10/h1-6,11H. The van der Waals surface area contributed by atoms with Gasteiger partial charge in [-0.1, -0.05) is 24.3 Å². The van der Waals surface area contributed by atoms with Crippen molar-refractivity contribution in [1.29, 1.82) is 0 Å². The third-order valence-electron chi connectivity index (χ3n) is 2.09. The molecule has 0 aromatic heterocycles. The molecule has 2 rings (SSSR count). The molecule has 2 aromatic carbocycles. The fourth-order valence-corrected chi connectivity index (χ4v) is 2.15. The van der Waals surface area contributed by atoms with E-state index in [0.29, 0.717) is 5.39 Å². The van der Waals surface area contributed by atoms with E-state index in [0.717, 1.165) is 8.96 Å². The van der Waals surface area contributed by atoms with E-state index < -0.39 is 6.43 Å². The fourth-order valence-electron chi connectivity index (χ4n) is 1.48. The smallest absolute Gasteiger partial charge is 0.205 e. The van der Waals surface area contributed by atoms with E-state index in [2.05, 4.69) is 22.6 Å². The second-order valence-corrected chi connectivity index (χ2v) is 4.26. The highest BCUT2D eigenvalue weighted by Gasteiger charge is 2.11. The molecule has 0 atom stereocenters. The van der Waals surface area contributed by atoms with Gasteiger partial charge in [-0.25, -0.2) is 8.78 Å². The van der Waals surface area contributed by atoms with E-state index in [9.17, 15) is 8.78 Å². The topological polar surface area (TPSA) is 0 Å². The molecule has 3 heteroatoms. The van der Waals surface area contributed by atoms with E-state index in [-0.39, 0.29) is 5.56 Å². The average molecular weight is 304 g/mol. The van der Waals surface area contributed by atoms with E-state index >= 15 is 0 Å². The largest absolute Gasteiger partial charge is 0.264 e. The normalized spacial score (nSPS) is 11.1. The first-order valence-electron chi connectivity index (χ1n) is 4.15. The first kappa shape index (κ1) is 9.83. The summed E-state index contributed by atoms with van der Waals surface area (Å²) in [5, 5.41) is 1.51. The Kier molecular flexibility index (Phi) is 2.67. The summed E-state index contributed by atoms with van der Waals surface area (Å²) in [5.41, 5.74) is 0.118. The van der Waals surface area contributed by atoms with Crippen molar-refractivity contribution in [2.75, 3.05) is 0 Å². The molecule has 0 amide bonds. The molecule has 0 bridgehead atoms. The minimum atomic E-state index is -2.41. The maximum Gasteiger partial charge on any atom is 0.264 e. The number of fused-ring (bicyclic) bond motifs is 1. The summed E-state index contributed by atoms with van der Waals surface area (Å²) in [6.07, 6.45) is -2.41. The minimum Gasteiger partial charge on any atom is -0.205 e. The van der Waals surface area contributed by atoms with Crippen LogP contribution in [0.4, 0.5) is 8.78 Å². The number of rotatable bonds is 1. The zero-order valence-corrected chi connectivity index (χ0v) is 9.33. The molecule has 0 saturated carbocycles. The Balaban J connectivity index is 2.80. The SMILES string of the molecule is FC(F)c1cc(I)cc2ccccc12. The Morgan fingerprint density at radius 1 is 1.07 bits per heavy atom. The van der Waals surface area contributed by atoms with Gasteiger partial charge in [-0.05, 0) is 45.5 Å². The average Bonchev–Trinajstić information content (AvgIpc) is 2.16. The van der Waals surface area contributed by atoms with Gasteiger partial charge in [0, 0.05) is 9.13 Å². The van der Waals surface area contributed by atoms with Crippen LogP contribution in [0.1, 0.15) is 12.0 Å². The first-order valence-corrected chi connectivity index (χ1v) is 5.22. The number of halogens is 3. The highest BCUT2D eigenvalue weighted by molar-refractivity contribution is 14.1. The Hall–Kier alpha value is -0.710. The van der Waals surface area contributed by atoms with Gasteiger partial charge in [0.2, 0.25) is 0 Å². The Bertz CT molecular complexity index is 466. The monoisotopic (exact) mass is 304 g/mol. The van der Waals surface area contributed by atoms with Gasteiger partial charge in [0.15, 0.2) is 0 Å². The second kappa shape index (κ2) is 3.81. The van der Waals surface area contributed by atoms with Crippen LogP contribution in [0.5, 0.6) is 0 Å². The molecular formula is C11H7F2I. The van der Waals surface area contributed by atoms with Gasteiger partial charge in [-0.2, -0.15) is 0 Å². The zero-order chi connectivity index (χ0) is 10.1. The van der Waals surface area contributed by atoms with Gasteiger partial charge in [-0.3, -0.25) is 0 Å². The third-order valence-corrected chi connectivity index (χ3v) is 2.72. The molecule has 14 heavy (non-hydrogen) atoms. The van der Waals surface area contributed by atoms with E-state index in [1.165, 1.54) is 6.07 Å². The minimum absolute atomic E-state index is 0.118. The highest BCUT2D eigenvalue weighted by Crippen LogP contribution is 2.29. The third kappa shape index (κ3) is 1.73. The van der Waals surface area contributed by atoms with Crippen molar-refractivity contribution >= 4 is 33.4 Å². The van der Waals surface area contributed by atoms with Gasteiger partial charge < -0.3 is 0 Å². The van der Waals surface area contributed by atoms with Gasteiger partial charge in [-0.15, -0.1) is 0 Å². The molecule has 0 aliphatic carbocycles. The lowest BCUT2D eigenvalue weighted by molar-refractivity contribution is 0.153. The number of alkyl halides is 2. The van der Waals surface area contributed by atoms with Crippen LogP contribution in [0.25, 0.3) is 10.8 Å². The van der Waals surface area contributed by atoms with Crippen LogP contribution in [0.2, 0.25) is 0 Å². The van der Waals surface area contributed by atoms with Crippen LogP contribution < -0.4 is 0 Å². The fraction of sp³-hybridized carbons (Fsp3) is 0.0909. The maximum absolute atomic E-state index is 12.7. The molecule has 0 saturated heterocycles. The van der Waals surface area contributed by atoms with Crippen molar-refractivity contribution in [3.8, 4) is 0 Å². The van der Waals surface area contributed by atoms with Gasteiger partial charge >= 0.3 is 0 Å². The number of hydrogen-bond donors (Lipinski definition) is 0. The van der Waals surface area contributed by atoms with Crippen LogP contribution in [0.15, 0.2) is 36.4 Å². The molecule has 0 unspecified atom stereocenters. The lowest BCUT2D eigenvalue weighted by Crippen LogP contribution is -1.88. The predicted octanol–water partition coefficient (Wildman–Crippen LogP) is 4.38. The quantitative estimate of drug-likeness (QED) is 0.686. The van der Waals surface area contributed by atoms with Gasteiger partial charge in [0.1, 0.15) is 0 Å². The first-order chi connectivity index (χ1) is 6.68. The van der Waals surface area contributed by atoms with Crippen LogP contribution in [0, 0.1) is 3.57 Å². The van der Waals surface area contributed by atoms with E-state index in [1.54, 1.807) is 12.1 Å². The molecule has 0 radical (unpaired) electrons. The van der Waals surface area contributed by atoms with Crippen molar-refractivity contribution in [2.24, 2.45) is 0 Å². The van der Waals surface area contributed by atoms with E-state index in [1.807, 2.05) is 18.2 Å². The lowest BCUT2D eigenvalue weighted by atomic mass is 10.1. The van der Waals surface area contributed by atoms with E-state index in [4.69, 9.17) is 0 Å². The molecule has 0 aliphatic rings. The Labute approximate surface area is 94.1 Å². The summed E-state index contributed by atoms with van der Waals surface area (Å²) in [7, 11) is 0. The molecule has 0 fully saturated rings. The zero-order valence-electron chi connectivity index (χ0n) is 7.18.